The summed E-state index contributed by atoms with van der Waals surface area (Å²) in [5.41, 5.74) is 4.95. The molecule has 0 bridgehead atoms. The van der Waals surface area contributed by atoms with Gasteiger partial charge in [0.15, 0.2) is 11.5 Å². The fourth-order valence-corrected chi connectivity index (χ4v) is 3.64. The van der Waals surface area contributed by atoms with E-state index < -0.39 is 0 Å². The fourth-order valence-electron chi connectivity index (χ4n) is 3.64. The number of benzene rings is 2. The lowest BCUT2D eigenvalue weighted by atomic mass is 9.96. The Morgan fingerprint density at radius 1 is 1.00 bits per heavy atom. The summed E-state index contributed by atoms with van der Waals surface area (Å²) in [6.07, 6.45) is 2.36. The van der Waals surface area contributed by atoms with E-state index in [0.29, 0.717) is 18.0 Å². The molecule has 1 aliphatic heterocycles. The molecule has 2 heterocycles. The van der Waals surface area contributed by atoms with Gasteiger partial charge in [-0.1, -0.05) is 30.3 Å². The first-order valence-corrected chi connectivity index (χ1v) is 9.09. The van der Waals surface area contributed by atoms with Crippen LogP contribution in [-0.4, -0.2) is 23.8 Å². The van der Waals surface area contributed by atoms with Crippen LogP contribution in [-0.2, 0) is 25.8 Å². The molecule has 4 rings (SSSR count). The Balaban J connectivity index is 1.73. The number of fused-ring (bicyclic) bond motifs is 3. The first-order valence-electron chi connectivity index (χ1n) is 9.09. The summed E-state index contributed by atoms with van der Waals surface area (Å²) in [7, 11) is 3.26. The molecule has 0 N–H and O–H groups in total. The number of aromatic nitrogens is 2. The highest BCUT2D eigenvalue weighted by molar-refractivity contribution is 5.70. The van der Waals surface area contributed by atoms with Crippen LogP contribution in [0.5, 0.6) is 11.5 Å². The van der Waals surface area contributed by atoms with Crippen molar-refractivity contribution in [3.05, 3.63) is 75.8 Å². The van der Waals surface area contributed by atoms with Gasteiger partial charge in [0.1, 0.15) is 0 Å². The van der Waals surface area contributed by atoms with E-state index in [1.54, 1.807) is 18.8 Å². The highest BCUT2D eigenvalue weighted by Crippen LogP contribution is 2.37. The van der Waals surface area contributed by atoms with Gasteiger partial charge in [-0.2, -0.15) is 4.98 Å². The zero-order valence-electron chi connectivity index (χ0n) is 15.6. The van der Waals surface area contributed by atoms with E-state index >= 15 is 0 Å². The van der Waals surface area contributed by atoms with E-state index in [9.17, 15) is 4.79 Å². The Bertz CT molecular complexity index is 1030. The average molecular weight is 362 g/mol. The van der Waals surface area contributed by atoms with Crippen LogP contribution in [0.25, 0.3) is 11.3 Å². The van der Waals surface area contributed by atoms with Crippen LogP contribution in [0, 0.1) is 0 Å². The summed E-state index contributed by atoms with van der Waals surface area (Å²) in [4.78, 5) is 16.9. The zero-order chi connectivity index (χ0) is 18.8. The van der Waals surface area contributed by atoms with E-state index in [1.807, 2.05) is 36.4 Å². The molecule has 0 saturated heterocycles. The molecule has 2 aromatic carbocycles. The molecule has 138 valence electrons. The predicted octanol–water partition coefficient (Wildman–Crippen LogP) is 3.27. The van der Waals surface area contributed by atoms with Crippen molar-refractivity contribution in [2.75, 3.05) is 14.2 Å². The van der Waals surface area contributed by atoms with Crippen LogP contribution in [0.15, 0.2) is 53.3 Å². The first kappa shape index (κ1) is 17.3. The number of ether oxygens (including phenoxy) is 2. The lowest BCUT2D eigenvalue weighted by molar-refractivity contribution is 0.354. The van der Waals surface area contributed by atoms with Gasteiger partial charge in [-0.05, 0) is 48.6 Å². The Hall–Kier alpha value is -3.08. The quantitative estimate of drug-likeness (QED) is 0.699. The Morgan fingerprint density at radius 3 is 2.48 bits per heavy atom. The second-order valence-corrected chi connectivity index (χ2v) is 6.67. The Kier molecular flexibility index (Phi) is 4.67. The molecule has 1 aromatic heterocycles. The van der Waals surface area contributed by atoms with Crippen molar-refractivity contribution < 1.29 is 9.47 Å². The van der Waals surface area contributed by atoms with Crippen molar-refractivity contribution in [1.82, 2.24) is 9.55 Å². The summed E-state index contributed by atoms with van der Waals surface area (Å²) < 4.78 is 12.6. The SMILES string of the molecule is COc1cc2c(cc1OC)-c1cc(CCc3ccccc3)nc(=O)n1CC2. The topological polar surface area (TPSA) is 53.4 Å². The smallest absolute Gasteiger partial charge is 0.348 e. The second-order valence-electron chi connectivity index (χ2n) is 6.67. The number of aryl methyl sites for hydroxylation is 3. The molecule has 3 aromatic rings. The van der Waals surface area contributed by atoms with Gasteiger partial charge in [0.2, 0.25) is 0 Å². The van der Waals surface area contributed by atoms with Gasteiger partial charge in [-0.25, -0.2) is 4.79 Å². The van der Waals surface area contributed by atoms with Crippen molar-refractivity contribution >= 4 is 0 Å². The van der Waals surface area contributed by atoms with Gasteiger partial charge in [-0.3, -0.25) is 4.57 Å². The minimum absolute atomic E-state index is 0.184. The third-order valence-electron chi connectivity index (χ3n) is 5.07. The summed E-state index contributed by atoms with van der Waals surface area (Å²) in [6.45, 7) is 0.628. The van der Waals surface area contributed by atoms with Gasteiger partial charge >= 0.3 is 5.69 Å². The largest absolute Gasteiger partial charge is 0.493 e. The van der Waals surface area contributed by atoms with Crippen LogP contribution < -0.4 is 15.2 Å². The molecule has 0 spiro atoms. The molecule has 0 amide bonds. The summed E-state index contributed by atoms with van der Waals surface area (Å²) in [6, 6.07) is 16.3. The molecule has 5 nitrogen and oxygen atoms in total. The molecule has 0 fully saturated rings. The summed E-state index contributed by atoms with van der Waals surface area (Å²) in [5.74, 6) is 1.38. The van der Waals surface area contributed by atoms with E-state index in [-0.39, 0.29) is 5.69 Å². The Labute approximate surface area is 158 Å². The highest BCUT2D eigenvalue weighted by atomic mass is 16.5. The summed E-state index contributed by atoms with van der Waals surface area (Å²) >= 11 is 0. The number of nitrogens with zero attached hydrogens (tertiary/aromatic N) is 2. The van der Waals surface area contributed by atoms with Gasteiger partial charge in [0.25, 0.3) is 0 Å². The van der Waals surface area contributed by atoms with Crippen molar-refractivity contribution in [2.24, 2.45) is 0 Å². The van der Waals surface area contributed by atoms with Crippen LogP contribution >= 0.6 is 0 Å². The van der Waals surface area contributed by atoms with Gasteiger partial charge < -0.3 is 9.47 Å². The van der Waals surface area contributed by atoms with Crippen molar-refractivity contribution in [3.8, 4) is 22.8 Å². The van der Waals surface area contributed by atoms with Gasteiger partial charge in [0.05, 0.1) is 19.9 Å². The van der Waals surface area contributed by atoms with E-state index in [4.69, 9.17) is 9.47 Å². The molecule has 5 heteroatoms. The minimum Gasteiger partial charge on any atom is -0.493 e. The van der Waals surface area contributed by atoms with Crippen LogP contribution in [0.1, 0.15) is 16.8 Å². The molecular weight excluding hydrogens is 340 g/mol. The molecular formula is C22H22N2O3. The molecule has 27 heavy (non-hydrogen) atoms. The molecule has 0 aliphatic carbocycles. The van der Waals surface area contributed by atoms with E-state index in [2.05, 4.69) is 17.1 Å². The molecule has 0 atom stereocenters. The molecule has 0 radical (unpaired) electrons. The average Bonchev–Trinajstić information content (AvgIpc) is 2.71. The third-order valence-corrected chi connectivity index (χ3v) is 5.07. The maximum Gasteiger partial charge on any atom is 0.348 e. The molecule has 1 aliphatic rings. The summed E-state index contributed by atoms with van der Waals surface area (Å²) in [5, 5.41) is 0. The van der Waals surface area contributed by atoms with Crippen molar-refractivity contribution in [2.45, 2.75) is 25.8 Å². The van der Waals surface area contributed by atoms with Crippen LogP contribution in [0.2, 0.25) is 0 Å². The van der Waals surface area contributed by atoms with Gasteiger partial charge in [-0.15, -0.1) is 0 Å². The maximum atomic E-state index is 12.6. The van der Waals surface area contributed by atoms with Gasteiger partial charge in [0, 0.05) is 17.8 Å². The maximum absolute atomic E-state index is 12.6. The highest BCUT2D eigenvalue weighted by Gasteiger charge is 2.21. The normalized spacial score (nSPS) is 12.2. The minimum atomic E-state index is -0.184. The predicted molar refractivity (Wildman–Crippen MR) is 105 cm³/mol. The van der Waals surface area contributed by atoms with Crippen LogP contribution in [0.3, 0.4) is 0 Å². The van der Waals surface area contributed by atoms with Crippen LogP contribution in [0.4, 0.5) is 0 Å². The number of rotatable bonds is 5. The second kappa shape index (κ2) is 7.27. The number of methoxy groups -OCH3 is 2. The number of hydrogen-bond acceptors (Lipinski definition) is 4. The lowest BCUT2D eigenvalue weighted by Gasteiger charge is -2.23. The lowest BCUT2D eigenvalue weighted by Crippen LogP contribution is -2.29. The Morgan fingerprint density at radius 2 is 1.74 bits per heavy atom. The first-order chi connectivity index (χ1) is 13.2. The third kappa shape index (κ3) is 3.33. The van der Waals surface area contributed by atoms with Crippen molar-refractivity contribution in [1.29, 1.82) is 0 Å². The van der Waals surface area contributed by atoms with E-state index in [0.717, 1.165) is 41.8 Å². The molecule has 0 unspecified atom stereocenters. The molecule has 0 saturated carbocycles. The number of hydrogen-bond donors (Lipinski definition) is 0. The van der Waals surface area contributed by atoms with Crippen molar-refractivity contribution in [3.63, 3.8) is 0 Å². The zero-order valence-corrected chi connectivity index (χ0v) is 15.6. The standard InChI is InChI=1S/C22H22N2O3/c1-26-20-12-16-10-11-24-19(18(16)14-21(20)27-2)13-17(23-22(24)25)9-8-15-6-4-3-5-7-15/h3-7,12-14H,8-11H2,1-2H3. The monoisotopic (exact) mass is 362 g/mol. The van der Waals surface area contributed by atoms with E-state index in [1.165, 1.54) is 5.56 Å². The fraction of sp³-hybridized carbons (Fsp3) is 0.273.